The van der Waals surface area contributed by atoms with E-state index in [1.165, 1.54) is 0 Å². The van der Waals surface area contributed by atoms with Crippen molar-refractivity contribution in [1.82, 2.24) is 0 Å². The maximum absolute atomic E-state index is 8.96. The lowest BCUT2D eigenvalue weighted by atomic mass is 11.9. The Kier molecular flexibility index (Phi) is 3.12. The molecular weight excluding hydrogens is 123 g/mol. The second-order valence-electron chi connectivity index (χ2n) is 1.80. The van der Waals surface area contributed by atoms with E-state index < -0.39 is 8.56 Å². The average Bonchev–Trinajstić information content (AvgIpc) is 1.30. The summed E-state index contributed by atoms with van der Waals surface area (Å²) in [7, 11) is -2.12. The lowest BCUT2D eigenvalue weighted by Crippen LogP contribution is -2.30. The zero-order chi connectivity index (χ0) is 5.91. The second-order valence-corrected chi connectivity index (χ2v) is 6.11. The molecule has 4 heteroatoms. The van der Waals surface area contributed by atoms with Crippen LogP contribution in [0.1, 0.15) is 0 Å². The van der Waals surface area contributed by atoms with Gasteiger partial charge in [-0.15, -0.1) is 0 Å². The van der Waals surface area contributed by atoms with Gasteiger partial charge in [-0.2, -0.15) is 0 Å². The molecule has 0 fully saturated rings. The molecule has 7 heavy (non-hydrogen) atoms. The van der Waals surface area contributed by atoms with Crippen LogP contribution in [0.2, 0.25) is 18.9 Å². The van der Waals surface area contributed by atoms with Gasteiger partial charge in [-0.3, -0.25) is 0 Å². The second kappa shape index (κ2) is 2.85. The van der Waals surface area contributed by atoms with Gasteiger partial charge in [-0.25, -0.2) is 0 Å². The lowest BCUT2D eigenvalue weighted by Gasteiger charge is -2.13. The molecule has 0 spiro atoms. The molecule has 0 aromatic carbocycles. The fraction of sp³-hybridized carbons (Fsp3) is 1.00. The van der Waals surface area contributed by atoms with Gasteiger partial charge in [0.15, 0.2) is 0 Å². The standard InChI is InChI=1S/C2H7O2Si.CH3.Al/c1-5(2,3)4;;/h3H,1-2H3;1H3;/q-1;;+1. The van der Waals surface area contributed by atoms with E-state index >= 15 is 0 Å². The van der Waals surface area contributed by atoms with Gasteiger partial charge < -0.3 is 8.27 Å². The van der Waals surface area contributed by atoms with Gasteiger partial charge in [0, 0.05) is 0 Å². The van der Waals surface area contributed by atoms with E-state index in [2.05, 4.69) is 0 Å². The molecule has 0 heterocycles. The SMILES string of the molecule is [CH3][Al][O][Si](C)(C)O. The third-order valence-corrected chi connectivity index (χ3v) is 3.66. The Morgan fingerprint density at radius 2 is 2.00 bits per heavy atom. The van der Waals surface area contributed by atoms with Crippen molar-refractivity contribution in [3.63, 3.8) is 0 Å². The van der Waals surface area contributed by atoms with Gasteiger partial charge in [-0.05, 0) is 13.1 Å². The fourth-order valence-electron chi connectivity index (χ4n) is 0.288. The van der Waals surface area contributed by atoms with Crippen LogP contribution >= 0.6 is 0 Å². The highest BCUT2D eigenvalue weighted by atomic mass is 28.4. The van der Waals surface area contributed by atoms with Crippen LogP contribution < -0.4 is 0 Å². The van der Waals surface area contributed by atoms with E-state index in [1.54, 1.807) is 13.1 Å². The molecule has 0 atom stereocenters. The van der Waals surface area contributed by atoms with E-state index in [9.17, 15) is 0 Å². The summed E-state index contributed by atoms with van der Waals surface area (Å²) in [6.45, 7) is 3.53. The summed E-state index contributed by atoms with van der Waals surface area (Å²) in [6.07, 6.45) is 0. The first-order valence-corrected chi connectivity index (χ1v) is 6.72. The highest BCUT2D eigenvalue weighted by Crippen LogP contribution is 1.94. The number of hydrogen-bond donors (Lipinski definition) is 1. The Balaban J connectivity index is 3.15. The first-order valence-electron chi connectivity index (χ1n) is 2.24. The Morgan fingerprint density at radius 3 is 2.00 bits per heavy atom. The van der Waals surface area contributed by atoms with Crippen molar-refractivity contribution in [3.05, 3.63) is 0 Å². The minimum absolute atomic E-state index is 0.0212. The Labute approximate surface area is 51.8 Å². The molecule has 1 N–H and O–H groups in total. The summed E-state index contributed by atoms with van der Waals surface area (Å²) in [6, 6.07) is 0. The molecule has 0 aromatic heterocycles. The molecule has 0 aliphatic rings. The molecule has 1 radical (unpaired) electrons. The quantitative estimate of drug-likeness (QED) is 0.551. The molecule has 0 rings (SSSR count). The van der Waals surface area contributed by atoms with Crippen LogP contribution in [0.25, 0.3) is 0 Å². The van der Waals surface area contributed by atoms with Crippen molar-refractivity contribution in [2.75, 3.05) is 0 Å². The normalized spacial score (nSPS) is 11.4. The minimum atomic E-state index is -2.12. The maximum atomic E-state index is 8.96. The topological polar surface area (TPSA) is 29.5 Å². The van der Waals surface area contributed by atoms with Crippen LogP contribution in [0.15, 0.2) is 0 Å². The van der Waals surface area contributed by atoms with Crippen LogP contribution in [0, 0.1) is 0 Å². The summed E-state index contributed by atoms with van der Waals surface area (Å²) in [4.78, 5) is 8.96. The van der Waals surface area contributed by atoms with Crippen LogP contribution in [-0.2, 0) is 3.48 Å². The van der Waals surface area contributed by atoms with Gasteiger partial charge in [0.05, 0.1) is 0 Å². The predicted molar refractivity (Wildman–Crippen MR) is 32.4 cm³/mol. The zero-order valence-corrected chi connectivity index (χ0v) is 7.09. The molecule has 41 valence electrons. The Bertz CT molecular complexity index is 51.4. The molecule has 0 aliphatic heterocycles. The van der Waals surface area contributed by atoms with Crippen LogP contribution in [0.4, 0.5) is 0 Å². The molecule has 0 bridgehead atoms. The van der Waals surface area contributed by atoms with E-state index in [-0.39, 0.29) is 15.6 Å². The molecule has 0 saturated carbocycles. The minimum Gasteiger partial charge on any atom is -0.532 e. The van der Waals surface area contributed by atoms with Crippen molar-refractivity contribution in [1.29, 1.82) is 0 Å². The fourth-order valence-corrected chi connectivity index (χ4v) is 2.60. The molecule has 0 amide bonds. The van der Waals surface area contributed by atoms with E-state index in [0.29, 0.717) is 0 Å². The molecule has 2 nitrogen and oxygen atoms in total. The van der Waals surface area contributed by atoms with E-state index in [0.717, 1.165) is 0 Å². The van der Waals surface area contributed by atoms with Crippen LogP contribution in [0.3, 0.4) is 0 Å². The van der Waals surface area contributed by atoms with Crippen molar-refractivity contribution in [3.8, 4) is 0 Å². The van der Waals surface area contributed by atoms with Crippen molar-refractivity contribution < 1.29 is 8.27 Å². The summed E-state index contributed by atoms with van der Waals surface area (Å²) in [5, 5.41) is 0. The molecule has 0 unspecified atom stereocenters. The van der Waals surface area contributed by atoms with Gasteiger partial charge >= 0.3 is 15.6 Å². The monoisotopic (exact) mass is 133 g/mol. The molecule has 0 saturated heterocycles. The molecule has 0 aliphatic carbocycles. The van der Waals surface area contributed by atoms with Crippen molar-refractivity contribution in [2.45, 2.75) is 18.9 Å². The highest BCUT2D eigenvalue weighted by Gasteiger charge is 2.14. The maximum Gasteiger partial charge on any atom is 0.409 e. The zero-order valence-electron chi connectivity index (χ0n) is 4.93. The number of hydrogen-bond acceptors (Lipinski definition) is 2. The van der Waals surface area contributed by atoms with Gasteiger partial charge in [-0.1, -0.05) is 5.79 Å². The third kappa shape index (κ3) is 6.67. The van der Waals surface area contributed by atoms with Gasteiger partial charge in [0.2, 0.25) is 0 Å². The number of rotatable bonds is 2. The Hall–Kier alpha value is 0.669. The summed E-state index contributed by atoms with van der Waals surface area (Å²) >= 11 is 0.0212. The smallest absolute Gasteiger partial charge is 0.409 e. The lowest BCUT2D eigenvalue weighted by molar-refractivity contribution is 0.406. The van der Waals surface area contributed by atoms with E-state index in [4.69, 9.17) is 8.27 Å². The van der Waals surface area contributed by atoms with Crippen LogP contribution in [-0.4, -0.2) is 28.9 Å². The third-order valence-electron chi connectivity index (χ3n) is 0.406. The molecule has 0 aromatic rings. The van der Waals surface area contributed by atoms with Crippen molar-refractivity contribution >= 4 is 24.1 Å². The Morgan fingerprint density at radius 1 is 1.57 bits per heavy atom. The summed E-state index contributed by atoms with van der Waals surface area (Å²) in [5.74, 6) is 1.96. The largest absolute Gasteiger partial charge is 0.532 e. The molecular formula is C3H10AlO2Si. The highest BCUT2D eigenvalue weighted by molar-refractivity contribution is 6.67. The summed E-state index contributed by atoms with van der Waals surface area (Å²) in [5.41, 5.74) is 0. The average molecular weight is 133 g/mol. The van der Waals surface area contributed by atoms with Crippen LogP contribution in [0.5, 0.6) is 0 Å². The first-order chi connectivity index (χ1) is 3.06. The van der Waals surface area contributed by atoms with Gasteiger partial charge in [0.1, 0.15) is 0 Å². The van der Waals surface area contributed by atoms with E-state index in [1.807, 2.05) is 5.79 Å². The first kappa shape index (κ1) is 7.67. The van der Waals surface area contributed by atoms with Gasteiger partial charge in [0.25, 0.3) is 8.56 Å². The van der Waals surface area contributed by atoms with Crippen molar-refractivity contribution in [2.24, 2.45) is 0 Å². The summed E-state index contributed by atoms with van der Waals surface area (Å²) < 4.78 is 5.01. The predicted octanol–water partition coefficient (Wildman–Crippen LogP) is 0.364.